The molecule has 2 aromatic rings. The molecule has 1 heterocycles. The van der Waals surface area contributed by atoms with Crippen LogP contribution in [0.25, 0.3) is 11.4 Å². The summed E-state index contributed by atoms with van der Waals surface area (Å²) >= 11 is 0. The Bertz CT molecular complexity index is 799. The molecular formula is C19H22F3N3O2. The standard InChI is InChI=1S/C19H22F3N3O2/c1-3-11(2)15(23-17(26)12-6-4-7-12)18-24-16(25-27-18)13-8-5-9-14(10-13)19(20,21)22/h5,8-12,15H,3-4,6-7H2,1-2H3,(H,23,26)/t11-,15+/m1/s1. The lowest BCUT2D eigenvalue weighted by Gasteiger charge is -2.28. The first kappa shape index (κ1) is 19.4. The molecule has 8 heteroatoms. The number of amides is 1. The molecule has 0 aliphatic heterocycles. The molecule has 27 heavy (non-hydrogen) atoms. The number of benzene rings is 1. The zero-order valence-electron chi connectivity index (χ0n) is 15.2. The minimum absolute atomic E-state index is 0.0161. The van der Waals surface area contributed by atoms with Crippen LogP contribution in [-0.2, 0) is 11.0 Å². The monoisotopic (exact) mass is 381 g/mol. The van der Waals surface area contributed by atoms with E-state index in [0.717, 1.165) is 37.8 Å². The lowest BCUT2D eigenvalue weighted by molar-refractivity contribution is -0.137. The molecule has 1 saturated carbocycles. The summed E-state index contributed by atoms with van der Waals surface area (Å²) in [4.78, 5) is 16.6. The summed E-state index contributed by atoms with van der Waals surface area (Å²) in [6.07, 6.45) is -0.876. The fourth-order valence-electron chi connectivity index (χ4n) is 2.94. The zero-order chi connectivity index (χ0) is 19.6. The van der Waals surface area contributed by atoms with E-state index in [0.29, 0.717) is 0 Å². The second-order valence-corrected chi connectivity index (χ2v) is 7.03. The zero-order valence-corrected chi connectivity index (χ0v) is 15.2. The normalized spacial score (nSPS) is 17.2. The Hall–Kier alpha value is -2.38. The van der Waals surface area contributed by atoms with Crippen molar-refractivity contribution in [1.29, 1.82) is 0 Å². The maximum atomic E-state index is 12.9. The van der Waals surface area contributed by atoms with Gasteiger partial charge in [0.05, 0.1) is 5.56 Å². The van der Waals surface area contributed by atoms with Gasteiger partial charge in [-0.1, -0.05) is 44.0 Å². The molecule has 0 radical (unpaired) electrons. The highest BCUT2D eigenvalue weighted by Gasteiger charge is 2.33. The number of nitrogens with zero attached hydrogens (tertiary/aromatic N) is 2. The number of nitrogens with one attached hydrogen (secondary N) is 1. The average Bonchev–Trinajstić information content (AvgIpc) is 3.06. The van der Waals surface area contributed by atoms with E-state index in [4.69, 9.17) is 4.52 Å². The lowest BCUT2D eigenvalue weighted by atomic mass is 9.84. The van der Waals surface area contributed by atoms with Crippen LogP contribution >= 0.6 is 0 Å². The maximum absolute atomic E-state index is 12.9. The molecule has 1 aromatic carbocycles. The number of alkyl halides is 3. The van der Waals surface area contributed by atoms with Gasteiger partial charge in [-0.2, -0.15) is 18.2 Å². The molecule has 2 atom stereocenters. The molecule has 3 rings (SSSR count). The molecule has 1 N–H and O–H groups in total. The van der Waals surface area contributed by atoms with E-state index in [1.165, 1.54) is 12.1 Å². The third kappa shape index (κ3) is 4.31. The predicted molar refractivity (Wildman–Crippen MR) is 92.4 cm³/mol. The van der Waals surface area contributed by atoms with E-state index in [2.05, 4.69) is 15.5 Å². The van der Waals surface area contributed by atoms with Gasteiger partial charge in [0.25, 0.3) is 0 Å². The van der Waals surface area contributed by atoms with Crippen molar-refractivity contribution in [2.75, 3.05) is 0 Å². The van der Waals surface area contributed by atoms with Gasteiger partial charge in [-0.25, -0.2) is 0 Å². The summed E-state index contributed by atoms with van der Waals surface area (Å²) in [6, 6.07) is 4.31. The summed E-state index contributed by atoms with van der Waals surface area (Å²) in [7, 11) is 0. The molecule has 1 fully saturated rings. The number of aromatic nitrogens is 2. The first-order valence-corrected chi connectivity index (χ1v) is 9.11. The molecule has 0 unspecified atom stereocenters. The van der Waals surface area contributed by atoms with E-state index in [-0.39, 0.29) is 35.0 Å². The van der Waals surface area contributed by atoms with Crippen LogP contribution < -0.4 is 5.32 Å². The summed E-state index contributed by atoms with van der Waals surface area (Å²) in [5, 5.41) is 6.80. The summed E-state index contributed by atoms with van der Waals surface area (Å²) in [6.45, 7) is 3.94. The fourth-order valence-corrected chi connectivity index (χ4v) is 2.94. The lowest BCUT2D eigenvalue weighted by Crippen LogP contribution is -2.39. The van der Waals surface area contributed by atoms with Crippen molar-refractivity contribution < 1.29 is 22.5 Å². The Labute approximate surface area is 155 Å². The van der Waals surface area contributed by atoms with E-state index in [1.54, 1.807) is 0 Å². The second-order valence-electron chi connectivity index (χ2n) is 7.03. The maximum Gasteiger partial charge on any atom is 0.416 e. The van der Waals surface area contributed by atoms with Crippen LogP contribution in [0.5, 0.6) is 0 Å². The van der Waals surface area contributed by atoms with Gasteiger partial charge in [0.1, 0.15) is 6.04 Å². The Morgan fingerprint density at radius 3 is 2.70 bits per heavy atom. The third-order valence-corrected chi connectivity index (χ3v) is 5.14. The molecule has 0 saturated heterocycles. The van der Waals surface area contributed by atoms with Crippen LogP contribution in [0.15, 0.2) is 28.8 Å². The Morgan fingerprint density at radius 1 is 1.37 bits per heavy atom. The summed E-state index contributed by atoms with van der Waals surface area (Å²) in [5.74, 6) is 0.309. The second kappa shape index (κ2) is 7.70. The molecule has 5 nitrogen and oxygen atoms in total. The molecule has 1 aromatic heterocycles. The van der Waals surface area contributed by atoms with Crippen molar-refractivity contribution in [3.05, 3.63) is 35.7 Å². The van der Waals surface area contributed by atoms with Crippen molar-refractivity contribution in [3.8, 4) is 11.4 Å². The van der Waals surface area contributed by atoms with Gasteiger partial charge in [0, 0.05) is 11.5 Å². The fraction of sp³-hybridized carbons (Fsp3) is 0.526. The van der Waals surface area contributed by atoms with Gasteiger partial charge < -0.3 is 9.84 Å². The van der Waals surface area contributed by atoms with E-state index >= 15 is 0 Å². The number of halogens is 3. The minimum atomic E-state index is -4.45. The van der Waals surface area contributed by atoms with Crippen LogP contribution in [0.2, 0.25) is 0 Å². The van der Waals surface area contributed by atoms with Crippen LogP contribution in [-0.4, -0.2) is 16.0 Å². The van der Waals surface area contributed by atoms with E-state index in [1.807, 2.05) is 13.8 Å². The average molecular weight is 381 g/mol. The van der Waals surface area contributed by atoms with E-state index < -0.39 is 17.8 Å². The van der Waals surface area contributed by atoms with Gasteiger partial charge in [0.15, 0.2) is 0 Å². The van der Waals surface area contributed by atoms with Crippen molar-refractivity contribution in [3.63, 3.8) is 0 Å². The highest BCUT2D eigenvalue weighted by Crippen LogP contribution is 2.33. The van der Waals surface area contributed by atoms with Crippen LogP contribution in [0, 0.1) is 11.8 Å². The molecule has 0 bridgehead atoms. The highest BCUT2D eigenvalue weighted by molar-refractivity contribution is 5.79. The van der Waals surface area contributed by atoms with Crippen molar-refractivity contribution in [1.82, 2.24) is 15.5 Å². The summed E-state index contributed by atoms with van der Waals surface area (Å²) < 4.78 is 44.1. The minimum Gasteiger partial charge on any atom is -0.344 e. The van der Waals surface area contributed by atoms with Crippen molar-refractivity contribution in [2.24, 2.45) is 11.8 Å². The number of hydrogen-bond donors (Lipinski definition) is 1. The van der Waals surface area contributed by atoms with E-state index in [9.17, 15) is 18.0 Å². The first-order chi connectivity index (χ1) is 12.8. The molecular weight excluding hydrogens is 359 g/mol. The Balaban J connectivity index is 1.84. The van der Waals surface area contributed by atoms with Gasteiger partial charge >= 0.3 is 6.18 Å². The Morgan fingerprint density at radius 2 is 2.11 bits per heavy atom. The van der Waals surface area contributed by atoms with Gasteiger partial charge in [-0.05, 0) is 30.9 Å². The summed E-state index contributed by atoms with van der Waals surface area (Å²) in [5.41, 5.74) is -0.559. The van der Waals surface area contributed by atoms with Crippen LogP contribution in [0.3, 0.4) is 0 Å². The largest absolute Gasteiger partial charge is 0.416 e. The highest BCUT2D eigenvalue weighted by atomic mass is 19.4. The SMILES string of the molecule is CC[C@@H](C)[C@H](NC(=O)C1CCC1)c1nc(-c2cccc(C(F)(F)F)c2)no1. The molecule has 1 aliphatic rings. The van der Waals surface area contributed by atoms with Crippen LogP contribution in [0.4, 0.5) is 13.2 Å². The quantitative estimate of drug-likeness (QED) is 0.783. The Kier molecular flexibility index (Phi) is 5.53. The first-order valence-electron chi connectivity index (χ1n) is 9.11. The number of rotatable bonds is 6. The van der Waals surface area contributed by atoms with Gasteiger partial charge in [-0.15, -0.1) is 0 Å². The van der Waals surface area contributed by atoms with Crippen molar-refractivity contribution >= 4 is 5.91 Å². The van der Waals surface area contributed by atoms with Crippen LogP contribution in [0.1, 0.15) is 57.0 Å². The smallest absolute Gasteiger partial charge is 0.344 e. The molecule has 1 amide bonds. The number of carbonyl (C=O) groups is 1. The molecule has 146 valence electrons. The van der Waals surface area contributed by atoms with Gasteiger partial charge in [-0.3, -0.25) is 4.79 Å². The predicted octanol–water partition coefficient (Wildman–Crippen LogP) is 4.76. The third-order valence-electron chi connectivity index (χ3n) is 5.14. The van der Waals surface area contributed by atoms with Crippen molar-refractivity contribution in [2.45, 2.75) is 51.7 Å². The topological polar surface area (TPSA) is 68.0 Å². The molecule has 1 aliphatic carbocycles. The van der Waals surface area contributed by atoms with Gasteiger partial charge in [0.2, 0.25) is 17.6 Å². The molecule has 0 spiro atoms. The number of carbonyl (C=O) groups excluding carboxylic acids is 1. The number of hydrogen-bond acceptors (Lipinski definition) is 4.